The summed E-state index contributed by atoms with van der Waals surface area (Å²) in [5, 5.41) is 21.8. The van der Waals surface area contributed by atoms with Crippen molar-refractivity contribution < 1.29 is 15.0 Å². The van der Waals surface area contributed by atoms with Crippen LogP contribution in [0.5, 0.6) is 0 Å². The predicted octanol–water partition coefficient (Wildman–Crippen LogP) is -0.424. The molecule has 1 rings (SSSR count). The van der Waals surface area contributed by atoms with Gasteiger partial charge >= 0.3 is 0 Å². The van der Waals surface area contributed by atoms with E-state index in [1.54, 1.807) is 0 Å². The van der Waals surface area contributed by atoms with Gasteiger partial charge in [-0.1, -0.05) is 6.92 Å². The quantitative estimate of drug-likeness (QED) is 0.614. The lowest BCUT2D eigenvalue weighted by atomic mass is 9.88. The normalized spacial score (nSPS) is 27.8. The zero-order valence-corrected chi connectivity index (χ0v) is 10.7. The molecule has 0 saturated carbocycles. The Morgan fingerprint density at radius 2 is 2.24 bits per heavy atom. The van der Waals surface area contributed by atoms with Crippen LogP contribution in [0.1, 0.15) is 26.7 Å². The molecule has 0 aromatic carbocycles. The minimum atomic E-state index is -0.326. The first-order chi connectivity index (χ1) is 8.06. The van der Waals surface area contributed by atoms with E-state index in [-0.39, 0.29) is 30.6 Å². The maximum absolute atomic E-state index is 11.1. The molecule has 0 aromatic rings. The number of carbonyl (C=O) groups is 1. The molecule has 3 N–H and O–H groups in total. The molecule has 0 radical (unpaired) electrons. The van der Waals surface area contributed by atoms with Crippen LogP contribution in [0.2, 0.25) is 0 Å². The van der Waals surface area contributed by atoms with Crippen molar-refractivity contribution in [2.45, 2.75) is 38.8 Å². The molecule has 1 aliphatic rings. The van der Waals surface area contributed by atoms with Gasteiger partial charge in [0.1, 0.15) is 0 Å². The number of β-amino-alcohol motifs (C(OH)–C–C–N with tert-alkyl or cyclic N) is 1. The van der Waals surface area contributed by atoms with Crippen molar-refractivity contribution in [3.8, 4) is 0 Å². The van der Waals surface area contributed by atoms with Crippen molar-refractivity contribution in [3.63, 3.8) is 0 Å². The van der Waals surface area contributed by atoms with Crippen LogP contribution in [0.3, 0.4) is 0 Å². The van der Waals surface area contributed by atoms with Crippen LogP contribution in [0, 0.1) is 5.92 Å². The molecule has 17 heavy (non-hydrogen) atoms. The second-order valence-electron chi connectivity index (χ2n) is 4.85. The molecule has 5 nitrogen and oxygen atoms in total. The molecule has 1 saturated heterocycles. The molecule has 1 amide bonds. The lowest BCUT2D eigenvalue weighted by molar-refractivity contribution is -0.120. The number of piperidine rings is 1. The first-order valence-corrected chi connectivity index (χ1v) is 6.35. The van der Waals surface area contributed by atoms with Gasteiger partial charge in [-0.2, -0.15) is 0 Å². The minimum absolute atomic E-state index is 0.0365. The molecular weight excluding hydrogens is 220 g/mol. The number of aliphatic hydroxyl groups excluding tert-OH is 2. The number of hydrogen-bond acceptors (Lipinski definition) is 4. The average Bonchev–Trinajstić information content (AvgIpc) is 2.27. The number of amides is 1. The molecule has 100 valence electrons. The van der Waals surface area contributed by atoms with Crippen molar-refractivity contribution >= 4 is 5.91 Å². The molecule has 3 unspecified atom stereocenters. The van der Waals surface area contributed by atoms with Gasteiger partial charge in [-0.05, 0) is 18.8 Å². The maximum Gasteiger partial charge on any atom is 0.217 e. The smallest absolute Gasteiger partial charge is 0.217 e. The summed E-state index contributed by atoms with van der Waals surface area (Å²) in [6, 6.07) is 0.0824. The van der Waals surface area contributed by atoms with E-state index in [0.29, 0.717) is 6.54 Å². The van der Waals surface area contributed by atoms with Crippen LogP contribution in [-0.4, -0.2) is 59.4 Å². The van der Waals surface area contributed by atoms with E-state index >= 15 is 0 Å². The molecule has 3 atom stereocenters. The number of rotatable bonds is 5. The fraction of sp³-hybridized carbons (Fsp3) is 0.917. The average molecular weight is 244 g/mol. The number of likely N-dealkylation sites (tertiary alicyclic amines) is 1. The summed E-state index contributed by atoms with van der Waals surface area (Å²) in [4.78, 5) is 13.2. The monoisotopic (exact) mass is 244 g/mol. The van der Waals surface area contributed by atoms with Crippen molar-refractivity contribution in [2.75, 3.05) is 26.2 Å². The lowest BCUT2D eigenvalue weighted by Crippen LogP contribution is -2.53. The second-order valence-corrected chi connectivity index (χ2v) is 4.85. The maximum atomic E-state index is 11.1. The molecule has 0 bridgehead atoms. The largest absolute Gasteiger partial charge is 0.395 e. The number of hydrogen-bond donors (Lipinski definition) is 3. The molecule has 5 heteroatoms. The van der Waals surface area contributed by atoms with E-state index in [1.165, 1.54) is 6.92 Å². The van der Waals surface area contributed by atoms with Crippen molar-refractivity contribution in [1.29, 1.82) is 0 Å². The summed E-state index contributed by atoms with van der Waals surface area (Å²) in [5.74, 6) is 0.141. The molecule has 1 heterocycles. The molecule has 1 aliphatic heterocycles. The van der Waals surface area contributed by atoms with Crippen LogP contribution in [0.25, 0.3) is 0 Å². The van der Waals surface area contributed by atoms with Gasteiger partial charge in [-0.15, -0.1) is 0 Å². The second kappa shape index (κ2) is 6.93. The standard InChI is InChI=1S/C12H24N2O3/c1-3-12(17)10-6-11(13-9(2)16)8-14(7-10)4-5-15/h10-12,15,17H,3-8H2,1-2H3,(H,13,16). The highest BCUT2D eigenvalue weighted by atomic mass is 16.3. The molecule has 1 fully saturated rings. The Balaban J connectivity index is 2.58. The van der Waals surface area contributed by atoms with E-state index < -0.39 is 0 Å². The van der Waals surface area contributed by atoms with Gasteiger partial charge in [-0.25, -0.2) is 0 Å². The molecule has 0 aliphatic carbocycles. The van der Waals surface area contributed by atoms with Gasteiger partial charge < -0.3 is 15.5 Å². The summed E-state index contributed by atoms with van der Waals surface area (Å²) in [7, 11) is 0. The lowest BCUT2D eigenvalue weighted by Gasteiger charge is -2.39. The molecule has 0 aromatic heterocycles. The van der Waals surface area contributed by atoms with E-state index in [1.807, 2.05) is 6.92 Å². The van der Waals surface area contributed by atoms with Crippen molar-refractivity contribution in [1.82, 2.24) is 10.2 Å². The van der Waals surface area contributed by atoms with Crippen molar-refractivity contribution in [2.24, 2.45) is 5.92 Å². The Labute approximate surface area is 103 Å². The Hall–Kier alpha value is -0.650. The summed E-state index contributed by atoms with van der Waals surface area (Å²) >= 11 is 0. The highest BCUT2D eigenvalue weighted by Crippen LogP contribution is 2.21. The number of nitrogens with zero attached hydrogens (tertiary/aromatic N) is 1. The summed E-state index contributed by atoms with van der Waals surface area (Å²) < 4.78 is 0. The van der Waals surface area contributed by atoms with Crippen LogP contribution < -0.4 is 5.32 Å². The van der Waals surface area contributed by atoms with E-state index in [2.05, 4.69) is 10.2 Å². The number of carbonyl (C=O) groups excluding carboxylic acids is 1. The van der Waals surface area contributed by atoms with Gasteiger partial charge in [0.15, 0.2) is 0 Å². The summed E-state index contributed by atoms with van der Waals surface area (Å²) in [6.07, 6.45) is 1.22. The minimum Gasteiger partial charge on any atom is -0.395 e. The fourth-order valence-electron chi connectivity index (χ4n) is 2.56. The molecule has 0 spiro atoms. The Morgan fingerprint density at radius 3 is 2.76 bits per heavy atom. The van der Waals surface area contributed by atoms with Crippen LogP contribution in [0.4, 0.5) is 0 Å². The summed E-state index contributed by atoms with van der Waals surface area (Å²) in [6.45, 7) is 5.74. The van der Waals surface area contributed by atoms with E-state index in [4.69, 9.17) is 5.11 Å². The topological polar surface area (TPSA) is 72.8 Å². The van der Waals surface area contributed by atoms with Crippen molar-refractivity contribution in [3.05, 3.63) is 0 Å². The predicted molar refractivity (Wildman–Crippen MR) is 65.5 cm³/mol. The molecular formula is C12H24N2O3. The number of nitrogens with one attached hydrogen (secondary N) is 1. The fourth-order valence-corrected chi connectivity index (χ4v) is 2.56. The SMILES string of the molecule is CCC(O)C1CC(NC(C)=O)CN(CCO)C1. The van der Waals surface area contributed by atoms with E-state index in [0.717, 1.165) is 25.9 Å². The van der Waals surface area contributed by atoms with Crippen LogP contribution in [-0.2, 0) is 4.79 Å². The third-order valence-electron chi connectivity index (χ3n) is 3.34. The first kappa shape index (κ1) is 14.4. The van der Waals surface area contributed by atoms with Gasteiger partial charge in [0.05, 0.1) is 12.7 Å². The van der Waals surface area contributed by atoms with Crippen LogP contribution in [0.15, 0.2) is 0 Å². The van der Waals surface area contributed by atoms with E-state index in [9.17, 15) is 9.90 Å². The highest BCUT2D eigenvalue weighted by Gasteiger charge is 2.30. The van der Waals surface area contributed by atoms with Gasteiger partial charge in [0.25, 0.3) is 0 Å². The van der Waals surface area contributed by atoms with Gasteiger partial charge in [-0.3, -0.25) is 9.69 Å². The zero-order chi connectivity index (χ0) is 12.8. The first-order valence-electron chi connectivity index (χ1n) is 6.35. The van der Waals surface area contributed by atoms with Gasteiger partial charge in [0.2, 0.25) is 5.91 Å². The third kappa shape index (κ3) is 4.61. The Kier molecular flexibility index (Phi) is 5.88. The Morgan fingerprint density at radius 1 is 1.53 bits per heavy atom. The van der Waals surface area contributed by atoms with Gasteiger partial charge in [0, 0.05) is 32.6 Å². The highest BCUT2D eigenvalue weighted by molar-refractivity contribution is 5.73. The Bertz CT molecular complexity index is 248. The zero-order valence-electron chi connectivity index (χ0n) is 10.7. The summed E-state index contributed by atoms with van der Waals surface area (Å²) in [5.41, 5.74) is 0. The third-order valence-corrected chi connectivity index (χ3v) is 3.34. The number of aliphatic hydroxyl groups is 2. The van der Waals surface area contributed by atoms with Crippen LogP contribution >= 0.6 is 0 Å².